The third kappa shape index (κ3) is 3.15. The molecule has 0 radical (unpaired) electrons. The first-order valence-corrected chi connectivity index (χ1v) is 9.12. The van der Waals surface area contributed by atoms with E-state index in [1.807, 2.05) is 11.4 Å². The lowest BCUT2D eigenvalue weighted by Crippen LogP contribution is -2.38. The molecule has 0 saturated carbocycles. The Kier molecular flexibility index (Phi) is 4.23. The molecule has 0 unspecified atom stereocenters. The van der Waals surface area contributed by atoms with Gasteiger partial charge in [0, 0.05) is 19.0 Å². The molecule has 25 heavy (non-hydrogen) atoms. The Morgan fingerprint density at radius 3 is 2.80 bits per heavy atom. The first kappa shape index (κ1) is 15.8. The number of para-hydroxylation sites is 2. The summed E-state index contributed by atoms with van der Waals surface area (Å²) in [6.07, 6.45) is 3.12. The molecule has 0 spiro atoms. The summed E-state index contributed by atoms with van der Waals surface area (Å²) >= 11 is 1.61. The molecule has 1 fully saturated rings. The van der Waals surface area contributed by atoms with Gasteiger partial charge < -0.3 is 15.3 Å². The fraction of sp³-hybridized carbons (Fsp3) is 0.278. The average Bonchev–Trinajstić information content (AvgIpc) is 3.12. The fourth-order valence-electron chi connectivity index (χ4n) is 3.20. The number of aromatic nitrogens is 2. The van der Waals surface area contributed by atoms with Gasteiger partial charge in [-0.15, -0.1) is 11.3 Å². The lowest BCUT2D eigenvalue weighted by atomic mass is 9.95. The molecule has 0 bridgehead atoms. The van der Waals surface area contributed by atoms with Crippen LogP contribution in [-0.4, -0.2) is 34.1 Å². The summed E-state index contributed by atoms with van der Waals surface area (Å²) < 4.78 is 0. The molecule has 128 valence electrons. The minimum absolute atomic E-state index is 0.0375. The number of nitrogens with zero attached hydrogens (tertiary/aromatic N) is 3. The topological polar surface area (TPSA) is 78.4 Å². The second-order valence-corrected chi connectivity index (χ2v) is 7.00. The smallest absolute Gasteiger partial charge is 0.227 e. The van der Waals surface area contributed by atoms with E-state index < -0.39 is 0 Å². The first-order valence-electron chi connectivity index (χ1n) is 8.24. The summed E-state index contributed by atoms with van der Waals surface area (Å²) in [4.78, 5) is 24.4. The normalized spacial score (nSPS) is 15.4. The van der Waals surface area contributed by atoms with Crippen LogP contribution in [0.1, 0.15) is 12.8 Å². The number of aromatic hydroxyl groups is 1. The van der Waals surface area contributed by atoms with E-state index in [2.05, 4.69) is 20.2 Å². The highest BCUT2D eigenvalue weighted by molar-refractivity contribution is 7.16. The van der Waals surface area contributed by atoms with Crippen molar-refractivity contribution in [1.82, 2.24) is 9.97 Å². The maximum atomic E-state index is 12.5. The van der Waals surface area contributed by atoms with Gasteiger partial charge in [-0.1, -0.05) is 12.1 Å². The van der Waals surface area contributed by atoms with Crippen molar-refractivity contribution in [3.8, 4) is 5.75 Å². The average molecular weight is 354 g/mol. The molecule has 2 N–H and O–H groups in total. The zero-order valence-corrected chi connectivity index (χ0v) is 14.4. The van der Waals surface area contributed by atoms with Crippen molar-refractivity contribution in [3.05, 3.63) is 42.0 Å². The summed E-state index contributed by atoms with van der Waals surface area (Å²) in [5, 5.41) is 15.7. The van der Waals surface area contributed by atoms with Crippen molar-refractivity contribution >= 4 is 39.0 Å². The number of piperidine rings is 1. The van der Waals surface area contributed by atoms with Crippen LogP contribution in [0.5, 0.6) is 5.75 Å². The fourth-order valence-corrected chi connectivity index (χ4v) is 3.92. The van der Waals surface area contributed by atoms with Gasteiger partial charge in [0.25, 0.3) is 0 Å². The second kappa shape index (κ2) is 6.68. The van der Waals surface area contributed by atoms with Gasteiger partial charge in [-0.2, -0.15) is 0 Å². The number of fused-ring (bicyclic) bond motifs is 1. The molecule has 3 heterocycles. The number of amides is 1. The molecule has 3 aromatic rings. The zero-order valence-electron chi connectivity index (χ0n) is 13.6. The highest BCUT2D eigenvalue weighted by Crippen LogP contribution is 2.30. The van der Waals surface area contributed by atoms with Crippen molar-refractivity contribution in [2.45, 2.75) is 12.8 Å². The Morgan fingerprint density at radius 1 is 1.20 bits per heavy atom. The second-order valence-electron chi connectivity index (χ2n) is 6.10. The van der Waals surface area contributed by atoms with Gasteiger partial charge in [0.2, 0.25) is 5.91 Å². The number of nitrogens with one attached hydrogen (secondary N) is 1. The van der Waals surface area contributed by atoms with Crippen LogP contribution in [0, 0.1) is 5.92 Å². The quantitative estimate of drug-likeness (QED) is 0.706. The summed E-state index contributed by atoms with van der Waals surface area (Å²) in [5.41, 5.74) is 0.464. The van der Waals surface area contributed by atoms with Gasteiger partial charge in [-0.25, -0.2) is 9.97 Å². The maximum Gasteiger partial charge on any atom is 0.227 e. The van der Waals surface area contributed by atoms with Crippen LogP contribution in [0.4, 0.5) is 11.5 Å². The van der Waals surface area contributed by atoms with E-state index >= 15 is 0 Å². The Morgan fingerprint density at radius 2 is 2.00 bits per heavy atom. The van der Waals surface area contributed by atoms with Crippen LogP contribution in [0.15, 0.2) is 42.0 Å². The van der Waals surface area contributed by atoms with Crippen LogP contribution in [0.3, 0.4) is 0 Å². The van der Waals surface area contributed by atoms with Crippen LogP contribution in [0.25, 0.3) is 10.2 Å². The molecule has 1 aliphatic heterocycles. The maximum absolute atomic E-state index is 12.5. The first-order chi connectivity index (χ1) is 12.2. The molecule has 1 aromatic carbocycles. The number of anilines is 2. The van der Waals surface area contributed by atoms with Crippen molar-refractivity contribution < 1.29 is 9.90 Å². The number of hydrogen-bond donors (Lipinski definition) is 2. The highest BCUT2D eigenvalue weighted by atomic mass is 32.1. The SMILES string of the molecule is O=C(Nc1ccccc1O)C1CCN(c2ncnc3sccc23)CC1. The summed E-state index contributed by atoms with van der Waals surface area (Å²) in [7, 11) is 0. The van der Waals surface area contributed by atoms with E-state index in [0.29, 0.717) is 5.69 Å². The minimum Gasteiger partial charge on any atom is -0.506 e. The Balaban J connectivity index is 1.42. The predicted octanol–water partition coefficient (Wildman–Crippen LogP) is 3.25. The van der Waals surface area contributed by atoms with Crippen LogP contribution < -0.4 is 10.2 Å². The summed E-state index contributed by atoms with van der Waals surface area (Å²) in [6, 6.07) is 8.85. The number of thiophene rings is 1. The number of phenols is 1. The van der Waals surface area contributed by atoms with Gasteiger partial charge in [-0.05, 0) is 36.4 Å². The number of carbonyl (C=O) groups is 1. The van der Waals surface area contributed by atoms with Crippen LogP contribution >= 0.6 is 11.3 Å². The van der Waals surface area contributed by atoms with Crippen molar-refractivity contribution in [2.24, 2.45) is 5.92 Å². The molecule has 2 aromatic heterocycles. The van der Waals surface area contributed by atoms with E-state index in [0.717, 1.165) is 42.0 Å². The standard InChI is InChI=1S/C18H18N4O2S/c23-15-4-2-1-3-14(15)21-17(24)12-5-8-22(9-6-12)16-13-7-10-25-18(13)20-11-19-16/h1-4,7,10-12,23H,5-6,8-9H2,(H,21,24). The molecule has 7 heteroatoms. The largest absolute Gasteiger partial charge is 0.506 e. The van der Waals surface area contributed by atoms with Gasteiger partial charge in [0.1, 0.15) is 22.7 Å². The summed E-state index contributed by atoms with van der Waals surface area (Å²) in [6.45, 7) is 1.56. The summed E-state index contributed by atoms with van der Waals surface area (Å²) in [5.74, 6) is 0.945. The van der Waals surface area contributed by atoms with E-state index in [-0.39, 0.29) is 17.6 Å². The third-order valence-corrected chi connectivity index (χ3v) is 5.39. The van der Waals surface area contributed by atoms with Gasteiger partial charge in [0.15, 0.2) is 0 Å². The molecular weight excluding hydrogens is 336 g/mol. The predicted molar refractivity (Wildman–Crippen MR) is 99.1 cm³/mol. The number of carbonyl (C=O) groups excluding carboxylic acids is 1. The Bertz CT molecular complexity index is 903. The van der Waals surface area contributed by atoms with E-state index in [4.69, 9.17) is 0 Å². The van der Waals surface area contributed by atoms with Gasteiger partial charge in [0.05, 0.1) is 11.1 Å². The minimum atomic E-state index is -0.0596. The molecule has 1 amide bonds. The molecule has 1 saturated heterocycles. The van der Waals surface area contributed by atoms with Crippen LogP contribution in [0.2, 0.25) is 0 Å². The lowest BCUT2D eigenvalue weighted by molar-refractivity contribution is -0.120. The number of benzene rings is 1. The van der Waals surface area contributed by atoms with E-state index in [1.165, 1.54) is 0 Å². The molecule has 0 atom stereocenters. The Hall–Kier alpha value is -2.67. The molecule has 0 aliphatic carbocycles. The Labute approximate surface area is 149 Å². The highest BCUT2D eigenvalue weighted by Gasteiger charge is 2.27. The molecule has 1 aliphatic rings. The van der Waals surface area contributed by atoms with Crippen molar-refractivity contribution in [1.29, 1.82) is 0 Å². The number of phenolic OH excluding ortho intramolecular Hbond substituents is 1. The molecule has 6 nitrogen and oxygen atoms in total. The van der Waals surface area contributed by atoms with Crippen molar-refractivity contribution in [2.75, 3.05) is 23.3 Å². The van der Waals surface area contributed by atoms with Crippen LogP contribution in [-0.2, 0) is 4.79 Å². The lowest BCUT2D eigenvalue weighted by Gasteiger charge is -2.32. The molecular formula is C18H18N4O2S. The monoisotopic (exact) mass is 354 g/mol. The number of rotatable bonds is 3. The van der Waals surface area contributed by atoms with E-state index in [1.54, 1.807) is 41.9 Å². The van der Waals surface area contributed by atoms with Gasteiger partial charge in [-0.3, -0.25) is 4.79 Å². The van der Waals surface area contributed by atoms with Gasteiger partial charge >= 0.3 is 0 Å². The van der Waals surface area contributed by atoms with Crippen molar-refractivity contribution in [3.63, 3.8) is 0 Å². The zero-order chi connectivity index (χ0) is 17.2. The number of hydrogen-bond acceptors (Lipinski definition) is 6. The van der Waals surface area contributed by atoms with E-state index in [9.17, 15) is 9.90 Å². The third-order valence-electron chi connectivity index (χ3n) is 4.57. The molecule has 4 rings (SSSR count).